The molecule has 160 valence electrons. The van der Waals surface area contributed by atoms with E-state index in [0.717, 1.165) is 0 Å². The number of hydrogen-bond acceptors (Lipinski definition) is 5. The Labute approximate surface area is 179 Å². The third-order valence-corrected chi connectivity index (χ3v) is 1.67. The van der Waals surface area contributed by atoms with Gasteiger partial charge in [-0.2, -0.15) is 0 Å². The van der Waals surface area contributed by atoms with E-state index < -0.39 is 0 Å². The second-order valence-corrected chi connectivity index (χ2v) is 7.80. The Morgan fingerprint density at radius 2 is 0.385 bits per heavy atom. The third kappa shape index (κ3) is 122. The van der Waals surface area contributed by atoms with Gasteiger partial charge in [-0.05, 0) is 0 Å². The Morgan fingerprint density at radius 1 is 0.346 bits per heavy atom. The average Bonchev–Trinajstić information content (AvgIpc) is 2.56. The van der Waals surface area contributed by atoms with Gasteiger partial charge < -0.3 is 25.5 Å². The van der Waals surface area contributed by atoms with Gasteiger partial charge in [0.1, 0.15) is 0 Å². The van der Waals surface area contributed by atoms with Crippen molar-refractivity contribution in [1.29, 1.82) is 0 Å². The van der Waals surface area contributed by atoms with E-state index in [0.29, 0.717) is 29.6 Å². The van der Waals surface area contributed by atoms with Gasteiger partial charge in [-0.1, -0.05) is 98.8 Å². The maximum Gasteiger partial charge on any atom is 5.00 e. The fraction of sp³-hybridized carbons (Fsp3) is 1.00. The predicted octanol–water partition coefficient (Wildman–Crippen LogP) is 0.0110. The summed E-state index contributed by atoms with van der Waals surface area (Å²) in [5.74, 6) is 1.64. The zero-order valence-corrected chi connectivity index (χ0v) is 22.1. The van der Waals surface area contributed by atoms with Crippen LogP contribution in [0.25, 0.3) is 0 Å². The Bertz CT molecular complexity index is 141. The molecule has 0 radical (unpaired) electrons. The Morgan fingerprint density at radius 3 is 0.385 bits per heavy atom. The van der Waals surface area contributed by atoms with Crippen molar-refractivity contribution >= 4 is 0 Å². The van der Waals surface area contributed by atoms with Crippen molar-refractivity contribution in [3.05, 3.63) is 0 Å². The van der Waals surface area contributed by atoms with Crippen LogP contribution in [0.4, 0.5) is 0 Å². The molecule has 0 amide bonds. The summed E-state index contributed by atoms with van der Waals surface area (Å²) in [7, 11) is 0. The summed E-state index contributed by atoms with van der Waals surface area (Å²) in [5, 5.41) is 48.1. The van der Waals surface area contributed by atoms with E-state index in [1.807, 2.05) is 69.2 Å². The van der Waals surface area contributed by atoms with Gasteiger partial charge in [0.15, 0.2) is 0 Å². The molecule has 0 rings (SSSR count). The standard InChI is InChI=1S/5C4H9O.Ta/c5*1-4(2)3-5;/h5*4H,3H2,1-2H3;/q5*-1;+5. The van der Waals surface area contributed by atoms with E-state index in [1.165, 1.54) is 0 Å². The van der Waals surface area contributed by atoms with E-state index in [-0.39, 0.29) is 55.4 Å². The number of rotatable bonds is 5. The minimum Gasteiger partial charge on any atom is -0.854 e. The summed E-state index contributed by atoms with van der Waals surface area (Å²) in [6, 6.07) is 0. The van der Waals surface area contributed by atoms with E-state index in [9.17, 15) is 25.5 Å². The van der Waals surface area contributed by atoms with Gasteiger partial charge in [-0.15, -0.1) is 33.0 Å². The van der Waals surface area contributed by atoms with Gasteiger partial charge in [0, 0.05) is 0 Å². The molecule has 0 aliphatic carbocycles. The van der Waals surface area contributed by atoms with Gasteiger partial charge in [0.05, 0.1) is 0 Å². The molecule has 0 spiro atoms. The van der Waals surface area contributed by atoms with Crippen LogP contribution in [-0.4, -0.2) is 33.0 Å². The van der Waals surface area contributed by atoms with Crippen molar-refractivity contribution in [2.75, 3.05) is 33.0 Å². The van der Waals surface area contributed by atoms with Crippen LogP contribution >= 0.6 is 0 Å². The van der Waals surface area contributed by atoms with E-state index in [2.05, 4.69) is 0 Å². The molecule has 0 saturated carbocycles. The van der Waals surface area contributed by atoms with E-state index >= 15 is 0 Å². The first-order chi connectivity index (χ1) is 11.4. The Hall–Kier alpha value is 0.540. The van der Waals surface area contributed by atoms with Crippen molar-refractivity contribution in [2.45, 2.75) is 69.2 Å². The van der Waals surface area contributed by atoms with Crippen LogP contribution in [0.5, 0.6) is 0 Å². The van der Waals surface area contributed by atoms with Gasteiger partial charge in [0.2, 0.25) is 0 Å². The van der Waals surface area contributed by atoms with E-state index in [4.69, 9.17) is 0 Å². The van der Waals surface area contributed by atoms with Gasteiger partial charge >= 0.3 is 22.4 Å². The van der Waals surface area contributed by atoms with Gasteiger partial charge in [0.25, 0.3) is 0 Å². The minimum atomic E-state index is 0. The number of hydrogen-bond donors (Lipinski definition) is 0. The molecular weight excluding hydrogens is 501 g/mol. The molecule has 0 aliphatic heterocycles. The molecule has 0 atom stereocenters. The van der Waals surface area contributed by atoms with Crippen LogP contribution in [0.2, 0.25) is 0 Å². The largest absolute Gasteiger partial charge is 5.00 e. The van der Waals surface area contributed by atoms with Crippen LogP contribution in [0.1, 0.15) is 69.2 Å². The van der Waals surface area contributed by atoms with Crippen molar-refractivity contribution in [2.24, 2.45) is 29.6 Å². The van der Waals surface area contributed by atoms with Crippen molar-refractivity contribution < 1.29 is 47.9 Å². The molecule has 0 fully saturated rings. The van der Waals surface area contributed by atoms with Crippen LogP contribution in [-0.2, 0) is 22.4 Å². The zero-order valence-electron chi connectivity index (χ0n) is 18.9. The quantitative estimate of drug-likeness (QED) is 0.482. The minimum absolute atomic E-state index is 0. The summed E-state index contributed by atoms with van der Waals surface area (Å²) >= 11 is 0. The third-order valence-electron chi connectivity index (χ3n) is 1.67. The summed E-state index contributed by atoms with van der Waals surface area (Å²) < 4.78 is 0. The molecule has 0 aromatic heterocycles. The fourth-order valence-corrected chi connectivity index (χ4v) is 0. The average molecular weight is 547 g/mol. The molecule has 6 heteroatoms. The molecule has 0 heterocycles. The summed E-state index contributed by atoms with van der Waals surface area (Å²) in [5.41, 5.74) is 0. The topological polar surface area (TPSA) is 115 Å². The maximum absolute atomic E-state index is 9.63. The second kappa shape index (κ2) is 36.5. The maximum atomic E-state index is 9.63. The van der Waals surface area contributed by atoms with E-state index in [1.54, 1.807) is 0 Å². The molecule has 0 saturated heterocycles. The first kappa shape index (κ1) is 41.0. The summed E-state index contributed by atoms with van der Waals surface area (Å²) in [4.78, 5) is 0. The first-order valence-corrected chi connectivity index (χ1v) is 9.26. The normalized spacial score (nSPS) is 9.23. The molecule has 0 aromatic carbocycles. The van der Waals surface area contributed by atoms with Crippen molar-refractivity contribution in [3.63, 3.8) is 0 Å². The summed E-state index contributed by atoms with van der Waals surface area (Å²) in [6.07, 6.45) is 0. The smallest absolute Gasteiger partial charge is 0.854 e. The second-order valence-electron chi connectivity index (χ2n) is 7.80. The fourth-order valence-electron chi connectivity index (χ4n) is 0. The van der Waals surface area contributed by atoms with Crippen molar-refractivity contribution in [3.8, 4) is 0 Å². The monoisotopic (exact) mass is 546 g/mol. The molecule has 0 bridgehead atoms. The molecule has 26 heavy (non-hydrogen) atoms. The first-order valence-electron chi connectivity index (χ1n) is 9.26. The zero-order chi connectivity index (χ0) is 21.4. The molecular formula is C20H45O5Ta. The van der Waals surface area contributed by atoms with Crippen LogP contribution in [0.3, 0.4) is 0 Å². The summed E-state index contributed by atoms with van der Waals surface area (Å²) in [6.45, 7) is 19.4. The molecule has 0 unspecified atom stereocenters. The van der Waals surface area contributed by atoms with Crippen LogP contribution in [0.15, 0.2) is 0 Å². The molecule has 0 aliphatic rings. The Kier molecular flexibility index (Phi) is 57.5. The molecule has 5 nitrogen and oxygen atoms in total. The Balaban J connectivity index is -0.0000000476. The van der Waals surface area contributed by atoms with Crippen molar-refractivity contribution in [1.82, 2.24) is 0 Å². The SMILES string of the molecule is CC(C)C[O-].CC(C)C[O-].CC(C)C[O-].CC(C)C[O-].CC(C)C[O-].[Ta+5]. The predicted molar refractivity (Wildman–Crippen MR) is 98.5 cm³/mol. The van der Waals surface area contributed by atoms with Crippen LogP contribution in [0, 0.1) is 29.6 Å². The molecule has 0 aromatic rings. The van der Waals surface area contributed by atoms with Crippen LogP contribution < -0.4 is 25.5 Å². The van der Waals surface area contributed by atoms with Gasteiger partial charge in [-0.3, -0.25) is 0 Å². The molecule has 0 N–H and O–H groups in total. The van der Waals surface area contributed by atoms with Gasteiger partial charge in [-0.25, -0.2) is 0 Å².